The molecule has 0 atom stereocenters. The Morgan fingerprint density at radius 1 is 1.03 bits per heavy atom. The summed E-state index contributed by atoms with van der Waals surface area (Å²) >= 11 is 0. The van der Waals surface area contributed by atoms with E-state index in [4.69, 9.17) is 5.73 Å². The first-order valence-electron chi connectivity index (χ1n) is 10.9. The first-order valence-corrected chi connectivity index (χ1v) is 10.9. The van der Waals surface area contributed by atoms with E-state index >= 15 is 0 Å². The van der Waals surface area contributed by atoms with E-state index in [1.807, 2.05) is 36.9 Å². The van der Waals surface area contributed by atoms with Crippen molar-refractivity contribution in [1.29, 1.82) is 0 Å². The van der Waals surface area contributed by atoms with Crippen LogP contribution < -0.4 is 11.1 Å². The molecule has 33 heavy (non-hydrogen) atoms. The molecule has 0 aliphatic rings. The van der Waals surface area contributed by atoms with Gasteiger partial charge in [-0.15, -0.1) is 5.10 Å². The van der Waals surface area contributed by atoms with Gasteiger partial charge in [0.2, 0.25) is 0 Å². The van der Waals surface area contributed by atoms with Gasteiger partial charge in [-0.05, 0) is 48.2 Å². The van der Waals surface area contributed by atoms with E-state index in [0.29, 0.717) is 12.4 Å². The number of pyridine rings is 1. The van der Waals surface area contributed by atoms with E-state index in [1.165, 1.54) is 11.1 Å². The summed E-state index contributed by atoms with van der Waals surface area (Å²) in [5.74, 6) is 1.30. The molecular formula is C25H26N8. The van der Waals surface area contributed by atoms with E-state index in [9.17, 15) is 0 Å². The van der Waals surface area contributed by atoms with Crippen LogP contribution in [0, 0.1) is 13.8 Å². The number of nitrogens with zero attached hydrogens (tertiary/aromatic N) is 6. The average Bonchev–Trinajstić information content (AvgIpc) is 3.44. The quantitative estimate of drug-likeness (QED) is 0.399. The number of hydrogen-bond donors (Lipinski definition) is 2. The predicted molar refractivity (Wildman–Crippen MR) is 130 cm³/mol. The summed E-state index contributed by atoms with van der Waals surface area (Å²) in [6.07, 6.45) is 9.79. The van der Waals surface area contributed by atoms with Crippen LogP contribution in [0.4, 0.5) is 11.6 Å². The fraction of sp³-hybridized carbons (Fsp3) is 0.200. The third-order valence-electron chi connectivity index (χ3n) is 5.82. The van der Waals surface area contributed by atoms with Gasteiger partial charge in [0.15, 0.2) is 5.82 Å². The van der Waals surface area contributed by atoms with Crippen molar-refractivity contribution < 1.29 is 0 Å². The van der Waals surface area contributed by atoms with Gasteiger partial charge in [0.1, 0.15) is 5.82 Å². The number of anilines is 2. The number of aryl methyl sites for hydroxylation is 2. The number of hydrogen-bond acceptors (Lipinski definition) is 6. The Labute approximate surface area is 192 Å². The maximum atomic E-state index is 5.85. The van der Waals surface area contributed by atoms with Crippen LogP contribution in [0.3, 0.4) is 0 Å². The van der Waals surface area contributed by atoms with Gasteiger partial charge >= 0.3 is 0 Å². The lowest BCUT2D eigenvalue weighted by Gasteiger charge is -2.12. The van der Waals surface area contributed by atoms with E-state index in [1.54, 1.807) is 12.4 Å². The van der Waals surface area contributed by atoms with Gasteiger partial charge < -0.3 is 15.6 Å². The van der Waals surface area contributed by atoms with E-state index in [2.05, 4.69) is 66.8 Å². The second-order valence-electron chi connectivity index (χ2n) is 8.29. The summed E-state index contributed by atoms with van der Waals surface area (Å²) in [5, 5.41) is 18.3. The lowest BCUT2D eigenvalue weighted by atomic mass is 10.1. The van der Waals surface area contributed by atoms with E-state index in [0.717, 1.165) is 46.5 Å². The number of aromatic nitrogens is 6. The zero-order valence-corrected chi connectivity index (χ0v) is 18.7. The normalized spacial score (nSPS) is 11.2. The molecule has 4 aromatic heterocycles. The number of fused-ring (bicyclic) bond motifs is 1. The molecule has 0 bridgehead atoms. The minimum absolute atomic E-state index is 0.544. The summed E-state index contributed by atoms with van der Waals surface area (Å²) in [6, 6.07) is 12.5. The summed E-state index contributed by atoms with van der Waals surface area (Å²) in [6.45, 7) is 6.18. The maximum Gasteiger partial charge on any atom is 0.158 e. The molecule has 0 unspecified atom stereocenters. The molecule has 0 amide bonds. The Morgan fingerprint density at radius 2 is 1.82 bits per heavy atom. The molecule has 0 spiro atoms. The van der Waals surface area contributed by atoms with Crippen LogP contribution >= 0.6 is 0 Å². The molecule has 0 fully saturated rings. The van der Waals surface area contributed by atoms with E-state index in [-0.39, 0.29) is 0 Å². The number of nitrogens with two attached hydrogens (primary N) is 1. The highest BCUT2D eigenvalue weighted by atomic mass is 15.3. The summed E-state index contributed by atoms with van der Waals surface area (Å²) < 4.78 is 4.09. The van der Waals surface area contributed by atoms with Gasteiger partial charge in [-0.2, -0.15) is 10.2 Å². The summed E-state index contributed by atoms with van der Waals surface area (Å²) in [4.78, 5) is 4.38. The molecular weight excluding hydrogens is 412 g/mol. The molecule has 4 heterocycles. The number of nitrogen functional groups attached to an aromatic ring is 1. The summed E-state index contributed by atoms with van der Waals surface area (Å²) in [7, 11) is 0. The van der Waals surface area contributed by atoms with Crippen LogP contribution in [-0.2, 0) is 19.6 Å². The van der Waals surface area contributed by atoms with Crippen molar-refractivity contribution in [2.75, 3.05) is 11.1 Å². The van der Waals surface area contributed by atoms with Crippen LogP contribution in [-0.4, -0.2) is 29.5 Å². The van der Waals surface area contributed by atoms with Crippen LogP contribution in [0.2, 0.25) is 0 Å². The van der Waals surface area contributed by atoms with Gasteiger partial charge in [-0.3, -0.25) is 4.68 Å². The highest BCUT2D eigenvalue weighted by Crippen LogP contribution is 2.23. The molecule has 1 aromatic carbocycles. The van der Waals surface area contributed by atoms with Crippen molar-refractivity contribution in [3.05, 3.63) is 95.3 Å². The summed E-state index contributed by atoms with van der Waals surface area (Å²) in [5.41, 5.74) is 11.5. The number of rotatable bonds is 7. The zero-order valence-electron chi connectivity index (χ0n) is 18.7. The fourth-order valence-corrected chi connectivity index (χ4v) is 4.12. The van der Waals surface area contributed by atoms with Gasteiger partial charge in [-0.1, -0.05) is 24.3 Å². The molecule has 3 N–H and O–H groups in total. The molecule has 5 rings (SSSR count). The smallest absolute Gasteiger partial charge is 0.158 e. The lowest BCUT2D eigenvalue weighted by Crippen LogP contribution is -2.08. The average molecular weight is 439 g/mol. The lowest BCUT2D eigenvalue weighted by molar-refractivity contribution is 0.686. The molecule has 8 nitrogen and oxygen atoms in total. The van der Waals surface area contributed by atoms with Crippen molar-refractivity contribution in [2.24, 2.45) is 0 Å². The Bertz CT molecular complexity index is 1360. The first-order chi connectivity index (χ1) is 16.0. The SMILES string of the molecule is Cc1cc(N)nc(C)c1CNc1nncc2cn(Cc3ccc(Cn4cccn4)cc3)cc12. The minimum Gasteiger partial charge on any atom is -0.384 e. The highest BCUT2D eigenvalue weighted by molar-refractivity contribution is 5.90. The molecule has 166 valence electrons. The van der Waals surface area contributed by atoms with Crippen molar-refractivity contribution in [1.82, 2.24) is 29.5 Å². The van der Waals surface area contributed by atoms with Crippen LogP contribution in [0.25, 0.3) is 10.8 Å². The number of benzene rings is 1. The Morgan fingerprint density at radius 3 is 2.55 bits per heavy atom. The molecule has 0 aliphatic heterocycles. The van der Waals surface area contributed by atoms with Crippen molar-refractivity contribution in [2.45, 2.75) is 33.5 Å². The highest BCUT2D eigenvalue weighted by Gasteiger charge is 2.10. The standard InChI is InChI=1S/C25H26N8/c1-17-10-24(26)30-18(2)22(17)12-27-25-23-16-32(15-21(23)11-28-31-25)13-19-4-6-20(7-5-19)14-33-9-3-8-29-33/h3-11,15-16H,12-14H2,1-2H3,(H2,26,30)(H,27,31). The van der Waals surface area contributed by atoms with Crippen molar-refractivity contribution >= 4 is 22.4 Å². The first kappa shape index (κ1) is 20.7. The second kappa shape index (κ2) is 8.74. The second-order valence-corrected chi connectivity index (χ2v) is 8.29. The fourth-order valence-electron chi connectivity index (χ4n) is 4.12. The van der Waals surface area contributed by atoms with Crippen LogP contribution in [0.15, 0.2) is 67.4 Å². The predicted octanol–water partition coefficient (Wildman–Crippen LogP) is 3.93. The Balaban J connectivity index is 1.31. The van der Waals surface area contributed by atoms with Crippen molar-refractivity contribution in [3.63, 3.8) is 0 Å². The Kier molecular flexibility index (Phi) is 5.48. The third-order valence-corrected chi connectivity index (χ3v) is 5.82. The van der Waals surface area contributed by atoms with Gasteiger partial charge in [0, 0.05) is 54.3 Å². The third kappa shape index (κ3) is 4.55. The van der Waals surface area contributed by atoms with Crippen LogP contribution in [0.1, 0.15) is 27.9 Å². The minimum atomic E-state index is 0.544. The largest absolute Gasteiger partial charge is 0.384 e. The van der Waals surface area contributed by atoms with E-state index < -0.39 is 0 Å². The molecule has 0 aliphatic carbocycles. The molecule has 8 heteroatoms. The molecule has 0 saturated heterocycles. The van der Waals surface area contributed by atoms with Crippen molar-refractivity contribution in [3.8, 4) is 0 Å². The molecule has 0 radical (unpaired) electrons. The van der Waals surface area contributed by atoms with Gasteiger partial charge in [0.25, 0.3) is 0 Å². The van der Waals surface area contributed by atoms with Gasteiger partial charge in [-0.25, -0.2) is 4.98 Å². The molecule has 5 aromatic rings. The topological polar surface area (TPSA) is 99.5 Å². The van der Waals surface area contributed by atoms with Gasteiger partial charge in [0.05, 0.1) is 12.7 Å². The monoisotopic (exact) mass is 438 g/mol. The maximum absolute atomic E-state index is 5.85. The Hall–Kier alpha value is -4.20. The number of nitrogens with one attached hydrogen (secondary N) is 1. The van der Waals surface area contributed by atoms with Crippen LogP contribution in [0.5, 0.6) is 0 Å². The molecule has 0 saturated carbocycles. The zero-order chi connectivity index (χ0) is 22.8.